The maximum Gasteiger partial charge on any atom is 0.103 e. The predicted molar refractivity (Wildman–Crippen MR) is 65.6 cm³/mol. The molecular weight excluding hydrogens is 196 g/mol. The summed E-state index contributed by atoms with van der Waals surface area (Å²) in [6, 6.07) is 6.63. The van der Waals surface area contributed by atoms with Crippen molar-refractivity contribution in [2.24, 2.45) is 0 Å². The highest BCUT2D eigenvalue weighted by molar-refractivity contribution is 5.77. The monoisotopic (exact) mass is 212 g/mol. The summed E-state index contributed by atoms with van der Waals surface area (Å²) in [7, 11) is 0. The Hall–Kier alpha value is -1.57. The van der Waals surface area contributed by atoms with Crippen molar-refractivity contribution in [2.45, 2.75) is 33.1 Å². The molecule has 2 aromatic rings. The number of nitrogens with one attached hydrogen (secondary N) is 1. The van der Waals surface area contributed by atoms with Crippen molar-refractivity contribution in [2.75, 3.05) is 0 Å². The Kier molecular flexibility index (Phi) is 1.66. The second-order valence-corrected chi connectivity index (χ2v) is 5.22. The van der Waals surface area contributed by atoms with Crippen LogP contribution in [-0.2, 0) is 5.41 Å². The first kappa shape index (κ1) is 9.64. The number of aromatic amines is 1. The highest BCUT2D eigenvalue weighted by atomic mass is 15.0. The Balaban J connectivity index is 2.37. The van der Waals surface area contributed by atoms with Crippen LogP contribution in [0.1, 0.15) is 36.5 Å². The van der Waals surface area contributed by atoms with Gasteiger partial charge in [0, 0.05) is 11.0 Å². The molecule has 0 spiro atoms. The number of imidazole rings is 1. The number of hydrogen-bond donors (Lipinski definition) is 1. The van der Waals surface area contributed by atoms with Crippen molar-refractivity contribution in [1.82, 2.24) is 9.97 Å². The first-order chi connectivity index (χ1) is 7.50. The van der Waals surface area contributed by atoms with Crippen LogP contribution in [0.4, 0.5) is 0 Å². The fraction of sp³-hybridized carbons (Fsp3) is 0.357. The number of fused-ring (bicyclic) bond motifs is 3. The van der Waals surface area contributed by atoms with Gasteiger partial charge in [0.05, 0.1) is 11.4 Å². The molecule has 16 heavy (non-hydrogen) atoms. The van der Waals surface area contributed by atoms with Crippen LogP contribution in [0.25, 0.3) is 11.3 Å². The molecule has 82 valence electrons. The number of hydrogen-bond acceptors (Lipinski definition) is 1. The zero-order valence-corrected chi connectivity index (χ0v) is 10.2. The molecule has 0 fully saturated rings. The van der Waals surface area contributed by atoms with Gasteiger partial charge in [-0.1, -0.05) is 37.6 Å². The van der Waals surface area contributed by atoms with Gasteiger partial charge >= 0.3 is 0 Å². The molecule has 0 saturated heterocycles. The summed E-state index contributed by atoms with van der Waals surface area (Å²) in [4.78, 5) is 8.00. The van der Waals surface area contributed by atoms with Crippen molar-refractivity contribution in [3.05, 3.63) is 40.8 Å². The Morgan fingerprint density at radius 2 is 1.94 bits per heavy atom. The molecule has 0 bridgehead atoms. The van der Waals surface area contributed by atoms with Gasteiger partial charge in [-0.25, -0.2) is 4.98 Å². The van der Waals surface area contributed by atoms with E-state index in [0.717, 1.165) is 11.5 Å². The average molecular weight is 212 g/mol. The summed E-state index contributed by atoms with van der Waals surface area (Å²) in [6.45, 7) is 8.67. The molecule has 1 heterocycles. The molecule has 2 heteroatoms. The quantitative estimate of drug-likeness (QED) is 0.713. The van der Waals surface area contributed by atoms with E-state index < -0.39 is 0 Å². The molecule has 2 nitrogen and oxygen atoms in total. The molecular formula is C14H16N2. The number of nitrogens with zero attached hydrogens (tertiary/aromatic N) is 1. The lowest BCUT2D eigenvalue weighted by Gasteiger charge is -2.20. The van der Waals surface area contributed by atoms with E-state index in [9.17, 15) is 0 Å². The Labute approximate surface area is 95.7 Å². The van der Waals surface area contributed by atoms with E-state index in [1.165, 1.54) is 22.4 Å². The van der Waals surface area contributed by atoms with Crippen molar-refractivity contribution < 1.29 is 0 Å². The van der Waals surface area contributed by atoms with E-state index in [4.69, 9.17) is 0 Å². The summed E-state index contributed by atoms with van der Waals surface area (Å²) >= 11 is 0. The molecule has 0 aliphatic heterocycles. The molecule has 0 radical (unpaired) electrons. The first-order valence-corrected chi connectivity index (χ1v) is 5.69. The van der Waals surface area contributed by atoms with Crippen LogP contribution in [0, 0.1) is 13.8 Å². The lowest BCUT2D eigenvalue weighted by atomic mass is 9.85. The lowest BCUT2D eigenvalue weighted by molar-refractivity contribution is 0.637. The third kappa shape index (κ3) is 1.04. The van der Waals surface area contributed by atoms with E-state index in [0.29, 0.717) is 0 Å². The minimum atomic E-state index is 0.0535. The molecule has 0 unspecified atom stereocenters. The van der Waals surface area contributed by atoms with E-state index in [2.05, 4.69) is 48.9 Å². The molecule has 1 aromatic carbocycles. The molecule has 1 aliphatic rings. The van der Waals surface area contributed by atoms with Crippen molar-refractivity contribution in [3.63, 3.8) is 0 Å². The molecule has 1 N–H and O–H groups in total. The van der Waals surface area contributed by atoms with Crippen molar-refractivity contribution >= 4 is 0 Å². The van der Waals surface area contributed by atoms with E-state index in [1.807, 2.05) is 6.92 Å². The van der Waals surface area contributed by atoms with E-state index in [-0.39, 0.29) is 5.41 Å². The van der Waals surface area contributed by atoms with Gasteiger partial charge < -0.3 is 4.98 Å². The zero-order chi connectivity index (χ0) is 11.5. The molecule has 0 amide bonds. The summed E-state index contributed by atoms with van der Waals surface area (Å²) in [5.41, 5.74) is 6.44. The maximum absolute atomic E-state index is 4.60. The topological polar surface area (TPSA) is 28.7 Å². The molecule has 0 saturated carbocycles. The van der Waals surface area contributed by atoms with Crippen LogP contribution >= 0.6 is 0 Å². The Morgan fingerprint density at radius 1 is 1.19 bits per heavy atom. The van der Waals surface area contributed by atoms with Crippen molar-refractivity contribution in [3.8, 4) is 11.3 Å². The maximum atomic E-state index is 4.60. The van der Waals surface area contributed by atoms with Gasteiger partial charge in [0.2, 0.25) is 0 Å². The van der Waals surface area contributed by atoms with Gasteiger partial charge in [-0.05, 0) is 19.4 Å². The van der Waals surface area contributed by atoms with Crippen LogP contribution in [0.15, 0.2) is 18.2 Å². The number of rotatable bonds is 0. The summed E-state index contributed by atoms with van der Waals surface area (Å²) in [5, 5.41) is 0. The first-order valence-electron chi connectivity index (χ1n) is 5.69. The molecule has 3 rings (SSSR count). The summed E-state index contributed by atoms with van der Waals surface area (Å²) in [5.74, 6) is 1.00. The third-order valence-electron chi connectivity index (χ3n) is 3.55. The Bertz CT molecular complexity index is 576. The van der Waals surface area contributed by atoms with Crippen LogP contribution < -0.4 is 0 Å². The third-order valence-corrected chi connectivity index (χ3v) is 3.55. The zero-order valence-electron chi connectivity index (χ0n) is 10.2. The number of benzene rings is 1. The molecule has 1 aromatic heterocycles. The van der Waals surface area contributed by atoms with Gasteiger partial charge in [-0.15, -0.1) is 0 Å². The minimum absolute atomic E-state index is 0.0535. The standard InChI is InChI=1S/C14H16N2/c1-8-5-6-10-11(7-8)14(3,4)13-12(10)15-9(2)16-13/h5-7H,1-4H3,(H,15,16). The fourth-order valence-corrected chi connectivity index (χ4v) is 2.66. The number of aryl methyl sites for hydroxylation is 2. The molecule has 0 atom stereocenters. The normalized spacial score (nSPS) is 16.0. The summed E-state index contributed by atoms with van der Waals surface area (Å²) in [6.07, 6.45) is 0. The predicted octanol–water partition coefficient (Wildman–Crippen LogP) is 3.33. The van der Waals surface area contributed by atoms with Gasteiger partial charge in [0.15, 0.2) is 0 Å². The van der Waals surface area contributed by atoms with Crippen LogP contribution in [0.5, 0.6) is 0 Å². The van der Waals surface area contributed by atoms with Crippen LogP contribution in [-0.4, -0.2) is 9.97 Å². The van der Waals surface area contributed by atoms with Gasteiger partial charge in [0.25, 0.3) is 0 Å². The second-order valence-electron chi connectivity index (χ2n) is 5.22. The van der Waals surface area contributed by atoms with Gasteiger partial charge in [-0.2, -0.15) is 0 Å². The fourth-order valence-electron chi connectivity index (χ4n) is 2.66. The smallest absolute Gasteiger partial charge is 0.103 e. The molecule has 1 aliphatic carbocycles. The van der Waals surface area contributed by atoms with Gasteiger partial charge in [0.1, 0.15) is 5.82 Å². The average Bonchev–Trinajstić information content (AvgIpc) is 2.67. The highest BCUT2D eigenvalue weighted by Gasteiger charge is 2.38. The highest BCUT2D eigenvalue weighted by Crippen LogP contribution is 2.47. The second kappa shape index (κ2) is 2.76. The van der Waals surface area contributed by atoms with E-state index >= 15 is 0 Å². The minimum Gasteiger partial charge on any atom is -0.345 e. The largest absolute Gasteiger partial charge is 0.345 e. The Morgan fingerprint density at radius 3 is 2.69 bits per heavy atom. The number of aromatic nitrogens is 2. The van der Waals surface area contributed by atoms with Crippen LogP contribution in [0.3, 0.4) is 0 Å². The lowest BCUT2D eigenvalue weighted by Crippen LogP contribution is -2.16. The van der Waals surface area contributed by atoms with E-state index in [1.54, 1.807) is 0 Å². The SMILES string of the molecule is Cc1ccc2c(c1)C(C)(C)c1[nH]c(C)nc1-2. The van der Waals surface area contributed by atoms with Gasteiger partial charge in [-0.3, -0.25) is 0 Å². The number of H-pyrrole nitrogens is 1. The van der Waals surface area contributed by atoms with Crippen LogP contribution in [0.2, 0.25) is 0 Å². The summed E-state index contributed by atoms with van der Waals surface area (Å²) < 4.78 is 0. The van der Waals surface area contributed by atoms with Crippen molar-refractivity contribution in [1.29, 1.82) is 0 Å².